The van der Waals surface area contributed by atoms with Crippen molar-refractivity contribution in [1.29, 1.82) is 0 Å². The molecule has 1 aliphatic carbocycles. The lowest BCUT2D eigenvalue weighted by molar-refractivity contribution is 0.0699. The number of nitrogens with zero attached hydrogens (tertiary/aromatic N) is 2. The van der Waals surface area contributed by atoms with Gasteiger partial charge in [0.05, 0.1) is 24.4 Å². The second-order valence-corrected chi connectivity index (χ2v) is 5.74. The van der Waals surface area contributed by atoms with Gasteiger partial charge in [-0.2, -0.15) is 0 Å². The van der Waals surface area contributed by atoms with E-state index in [0.717, 1.165) is 23.4 Å². The Morgan fingerprint density at radius 1 is 1.47 bits per heavy atom. The molecule has 19 heavy (non-hydrogen) atoms. The van der Waals surface area contributed by atoms with Gasteiger partial charge in [0.2, 0.25) is 0 Å². The minimum absolute atomic E-state index is 0.0146. The molecule has 2 heterocycles. The Morgan fingerprint density at radius 3 is 2.84 bits per heavy atom. The molecule has 1 saturated carbocycles. The van der Waals surface area contributed by atoms with Gasteiger partial charge in [-0.15, -0.1) is 11.3 Å². The number of methoxy groups -OCH3 is 1. The molecule has 1 N–H and O–H groups in total. The van der Waals surface area contributed by atoms with E-state index in [0.29, 0.717) is 19.0 Å². The van der Waals surface area contributed by atoms with E-state index in [-0.39, 0.29) is 18.0 Å². The van der Waals surface area contributed by atoms with Crippen LogP contribution in [0.2, 0.25) is 0 Å². The van der Waals surface area contributed by atoms with E-state index in [9.17, 15) is 9.59 Å². The van der Waals surface area contributed by atoms with Crippen molar-refractivity contribution in [3.05, 3.63) is 16.1 Å². The summed E-state index contributed by atoms with van der Waals surface area (Å²) < 4.78 is 4.60. The molecule has 0 bridgehead atoms. The average Bonchev–Trinajstić information content (AvgIpc) is 3.09. The van der Waals surface area contributed by atoms with Crippen LogP contribution in [0.15, 0.2) is 5.51 Å². The van der Waals surface area contributed by atoms with Gasteiger partial charge in [0.15, 0.2) is 0 Å². The predicted octanol–water partition coefficient (Wildman–Crippen LogP) is 1.20. The van der Waals surface area contributed by atoms with Crippen LogP contribution in [0, 0.1) is 0 Å². The first-order valence-electron chi connectivity index (χ1n) is 6.26. The second-order valence-electron chi connectivity index (χ2n) is 4.89. The Labute approximate surface area is 114 Å². The van der Waals surface area contributed by atoms with Gasteiger partial charge in [-0.1, -0.05) is 0 Å². The summed E-state index contributed by atoms with van der Waals surface area (Å²) in [4.78, 5) is 29.9. The summed E-state index contributed by atoms with van der Waals surface area (Å²) in [5.41, 5.74) is 2.66. The zero-order valence-corrected chi connectivity index (χ0v) is 11.4. The molecule has 0 atom stereocenters. The summed E-state index contributed by atoms with van der Waals surface area (Å²) in [5.74, 6) is 0.402. The molecule has 0 aromatic carbocycles. The third kappa shape index (κ3) is 2.42. The van der Waals surface area contributed by atoms with Crippen LogP contribution in [0.5, 0.6) is 0 Å². The number of nitrogens with one attached hydrogen (secondary N) is 1. The molecule has 0 radical (unpaired) electrons. The van der Waals surface area contributed by atoms with Crippen LogP contribution in [-0.2, 0) is 4.74 Å². The molecule has 0 unspecified atom stereocenters. The Hall–Kier alpha value is -1.63. The number of ether oxygens (including phenoxy) is 1. The van der Waals surface area contributed by atoms with Gasteiger partial charge in [-0.25, -0.2) is 9.78 Å². The van der Waals surface area contributed by atoms with E-state index >= 15 is 0 Å². The van der Waals surface area contributed by atoms with E-state index in [2.05, 4.69) is 15.0 Å². The zero-order chi connectivity index (χ0) is 13.4. The Morgan fingerprint density at radius 2 is 2.21 bits per heavy atom. The molecular formula is C12H15N3O3S. The summed E-state index contributed by atoms with van der Waals surface area (Å²) in [6.07, 6.45) is 1.91. The highest BCUT2D eigenvalue weighted by Gasteiger charge is 2.35. The van der Waals surface area contributed by atoms with Gasteiger partial charge in [-0.3, -0.25) is 4.79 Å². The first-order valence-corrected chi connectivity index (χ1v) is 7.14. The number of hydrogen-bond donors (Lipinski definition) is 1. The van der Waals surface area contributed by atoms with Gasteiger partial charge < -0.3 is 15.0 Å². The number of carbonyl (C=O) groups is 2. The topological polar surface area (TPSA) is 71.5 Å². The molecule has 2 aliphatic rings. The van der Waals surface area contributed by atoms with Crippen molar-refractivity contribution in [2.75, 3.05) is 20.2 Å². The highest BCUT2D eigenvalue weighted by atomic mass is 32.1. The Bertz CT molecular complexity index is 506. The molecule has 3 rings (SSSR count). The van der Waals surface area contributed by atoms with Gasteiger partial charge in [0.25, 0.3) is 5.91 Å². The summed E-state index contributed by atoms with van der Waals surface area (Å²) in [5, 5.41) is 2.93. The van der Waals surface area contributed by atoms with E-state index in [4.69, 9.17) is 0 Å². The number of thiazole rings is 1. The molecule has 1 aromatic rings. The summed E-state index contributed by atoms with van der Waals surface area (Å²) in [6.45, 7) is 1.02. The fourth-order valence-corrected chi connectivity index (χ4v) is 2.95. The third-order valence-corrected chi connectivity index (χ3v) is 4.26. The number of hydrogen-bond acceptors (Lipinski definition) is 5. The highest BCUT2D eigenvalue weighted by Crippen LogP contribution is 2.41. The molecule has 0 spiro atoms. The van der Waals surface area contributed by atoms with E-state index in [1.165, 1.54) is 18.4 Å². The van der Waals surface area contributed by atoms with Crippen LogP contribution in [0.1, 0.15) is 34.1 Å². The molecule has 1 aromatic heterocycles. The Kier molecular flexibility index (Phi) is 3.14. The van der Waals surface area contributed by atoms with E-state index < -0.39 is 0 Å². The summed E-state index contributed by atoms with van der Waals surface area (Å²) in [6, 6.07) is 0.0146. The highest BCUT2D eigenvalue weighted by molar-refractivity contribution is 7.11. The normalized spacial score (nSPS) is 18.9. The number of likely N-dealkylation sites (tertiary alicyclic amines) is 1. The average molecular weight is 281 g/mol. The molecule has 6 nitrogen and oxygen atoms in total. The van der Waals surface area contributed by atoms with Crippen molar-refractivity contribution in [2.24, 2.45) is 0 Å². The van der Waals surface area contributed by atoms with Crippen LogP contribution in [0.3, 0.4) is 0 Å². The maximum absolute atomic E-state index is 12.1. The minimum Gasteiger partial charge on any atom is -0.453 e. The van der Waals surface area contributed by atoms with Crippen molar-refractivity contribution < 1.29 is 14.3 Å². The van der Waals surface area contributed by atoms with Crippen LogP contribution in [0.25, 0.3) is 0 Å². The number of aromatic nitrogens is 1. The molecule has 1 saturated heterocycles. The monoisotopic (exact) mass is 281 g/mol. The van der Waals surface area contributed by atoms with Crippen LogP contribution in [-0.4, -0.2) is 48.1 Å². The van der Waals surface area contributed by atoms with Crippen molar-refractivity contribution in [3.8, 4) is 0 Å². The zero-order valence-electron chi connectivity index (χ0n) is 10.6. The van der Waals surface area contributed by atoms with Crippen molar-refractivity contribution in [2.45, 2.75) is 24.8 Å². The Balaban J connectivity index is 1.55. The molecule has 2 amide bonds. The molecule has 1 aliphatic heterocycles. The van der Waals surface area contributed by atoms with Crippen LogP contribution in [0.4, 0.5) is 4.79 Å². The minimum atomic E-state index is -0.345. The maximum Gasteiger partial charge on any atom is 0.409 e. The second kappa shape index (κ2) is 4.80. The fourth-order valence-electron chi connectivity index (χ4n) is 2.17. The third-order valence-electron chi connectivity index (χ3n) is 3.41. The predicted molar refractivity (Wildman–Crippen MR) is 69.3 cm³/mol. The number of amides is 2. The lowest BCUT2D eigenvalue weighted by Gasteiger charge is -2.38. The number of carbonyl (C=O) groups excluding carboxylic acids is 2. The van der Waals surface area contributed by atoms with Gasteiger partial charge in [0.1, 0.15) is 4.88 Å². The van der Waals surface area contributed by atoms with Gasteiger partial charge in [0, 0.05) is 19.0 Å². The lowest BCUT2D eigenvalue weighted by atomic mass is 10.1. The van der Waals surface area contributed by atoms with Crippen molar-refractivity contribution >= 4 is 23.3 Å². The maximum atomic E-state index is 12.1. The molecule has 7 heteroatoms. The van der Waals surface area contributed by atoms with Gasteiger partial charge >= 0.3 is 6.09 Å². The largest absolute Gasteiger partial charge is 0.453 e. The molecular weight excluding hydrogens is 266 g/mol. The first-order chi connectivity index (χ1) is 9.19. The fraction of sp³-hybridized carbons (Fsp3) is 0.583. The SMILES string of the molecule is COC(=O)N1CC(NC(=O)c2scnc2C2CC2)C1. The van der Waals surface area contributed by atoms with Crippen molar-refractivity contribution in [3.63, 3.8) is 0 Å². The quantitative estimate of drug-likeness (QED) is 0.903. The summed E-state index contributed by atoms with van der Waals surface area (Å²) >= 11 is 1.39. The van der Waals surface area contributed by atoms with Crippen molar-refractivity contribution in [1.82, 2.24) is 15.2 Å². The standard InChI is InChI=1S/C12H15N3O3S/c1-18-12(17)15-4-8(5-15)14-11(16)10-9(7-2-3-7)13-6-19-10/h6-8H,2-5H2,1H3,(H,14,16). The first kappa shape index (κ1) is 12.4. The van der Waals surface area contributed by atoms with Crippen LogP contribution < -0.4 is 5.32 Å². The molecule has 2 fully saturated rings. The molecule has 102 valence electrons. The van der Waals surface area contributed by atoms with Crippen LogP contribution >= 0.6 is 11.3 Å². The number of rotatable bonds is 3. The lowest BCUT2D eigenvalue weighted by Crippen LogP contribution is -2.60. The summed E-state index contributed by atoms with van der Waals surface area (Å²) in [7, 11) is 1.35. The van der Waals surface area contributed by atoms with Gasteiger partial charge in [-0.05, 0) is 12.8 Å². The van der Waals surface area contributed by atoms with E-state index in [1.807, 2.05) is 0 Å². The smallest absolute Gasteiger partial charge is 0.409 e. The van der Waals surface area contributed by atoms with E-state index in [1.54, 1.807) is 10.4 Å².